The molecular weight excluding hydrogens is 272 g/mol. The normalized spacial score (nSPS) is 43.1. The molecule has 2 N–H and O–H groups in total. The molecule has 0 aromatic heterocycles. The second-order valence-corrected chi connectivity index (χ2v) is 7.24. The monoisotopic (exact) mass is 300 g/mol. The lowest BCUT2D eigenvalue weighted by Gasteiger charge is -2.36. The zero-order valence-electron chi connectivity index (χ0n) is 12.7. The molecule has 3 fully saturated rings. The van der Waals surface area contributed by atoms with Gasteiger partial charge in [0.05, 0.1) is 0 Å². The van der Waals surface area contributed by atoms with E-state index in [2.05, 4.69) is 24.5 Å². The maximum atomic E-state index is 12.3. The molecule has 0 aromatic carbocycles. The van der Waals surface area contributed by atoms with Crippen LogP contribution in [-0.4, -0.2) is 24.5 Å². The third-order valence-electron chi connectivity index (χ3n) is 5.88. The number of amides is 1. The summed E-state index contributed by atoms with van der Waals surface area (Å²) in [7, 11) is 0. The van der Waals surface area contributed by atoms with Crippen LogP contribution in [0, 0.1) is 23.7 Å². The largest absolute Gasteiger partial charge is 0.352 e. The van der Waals surface area contributed by atoms with Crippen LogP contribution in [-0.2, 0) is 4.79 Å². The first-order valence-corrected chi connectivity index (χ1v) is 8.16. The van der Waals surface area contributed by atoms with Crippen molar-refractivity contribution in [2.24, 2.45) is 23.7 Å². The fourth-order valence-electron chi connectivity index (χ4n) is 4.71. The smallest absolute Gasteiger partial charge is 0.220 e. The van der Waals surface area contributed by atoms with Gasteiger partial charge in [0, 0.05) is 18.5 Å². The maximum Gasteiger partial charge on any atom is 0.220 e. The number of carbonyl (C=O) groups is 1. The number of fused-ring (bicyclic) bond motifs is 2. The molecule has 6 unspecified atom stereocenters. The van der Waals surface area contributed by atoms with Gasteiger partial charge in [0.1, 0.15) is 0 Å². The minimum atomic E-state index is 0. The number of piperidine rings is 1. The van der Waals surface area contributed by atoms with Crippen LogP contribution in [0.5, 0.6) is 0 Å². The topological polar surface area (TPSA) is 41.1 Å². The van der Waals surface area contributed by atoms with E-state index < -0.39 is 0 Å². The van der Waals surface area contributed by atoms with Crippen molar-refractivity contribution in [2.75, 3.05) is 6.54 Å². The van der Waals surface area contributed by atoms with Crippen molar-refractivity contribution in [3.05, 3.63) is 0 Å². The molecule has 3 aliphatic rings. The van der Waals surface area contributed by atoms with Crippen LogP contribution in [0.2, 0.25) is 0 Å². The van der Waals surface area contributed by atoms with E-state index in [1.165, 1.54) is 32.1 Å². The van der Waals surface area contributed by atoms with Gasteiger partial charge in [0.15, 0.2) is 0 Å². The van der Waals surface area contributed by atoms with E-state index in [9.17, 15) is 4.79 Å². The number of halogens is 1. The predicted octanol–water partition coefficient (Wildman–Crippen LogP) is 2.74. The van der Waals surface area contributed by atoms with Crippen molar-refractivity contribution >= 4 is 18.3 Å². The van der Waals surface area contributed by atoms with E-state index >= 15 is 0 Å². The molecule has 20 heavy (non-hydrogen) atoms. The van der Waals surface area contributed by atoms with Gasteiger partial charge in [-0.25, -0.2) is 0 Å². The Bertz CT molecular complexity index is 339. The molecule has 1 saturated heterocycles. The molecule has 0 spiro atoms. The molecule has 1 aliphatic heterocycles. The van der Waals surface area contributed by atoms with E-state index in [4.69, 9.17) is 0 Å². The summed E-state index contributed by atoms with van der Waals surface area (Å²) in [6.45, 7) is 5.54. The van der Waals surface area contributed by atoms with Gasteiger partial charge < -0.3 is 10.6 Å². The van der Waals surface area contributed by atoms with Gasteiger partial charge in [-0.05, 0) is 62.8 Å². The number of nitrogens with one attached hydrogen (secondary N) is 2. The second kappa shape index (κ2) is 6.65. The highest BCUT2D eigenvalue weighted by atomic mass is 35.5. The Kier molecular flexibility index (Phi) is 5.36. The Labute approximate surface area is 129 Å². The molecule has 0 aromatic rings. The van der Waals surface area contributed by atoms with Gasteiger partial charge in [-0.15, -0.1) is 12.4 Å². The van der Waals surface area contributed by atoms with Crippen molar-refractivity contribution in [2.45, 2.75) is 64.5 Å². The fraction of sp³-hybridized carbons (Fsp3) is 0.938. The van der Waals surface area contributed by atoms with Crippen LogP contribution >= 0.6 is 12.4 Å². The van der Waals surface area contributed by atoms with E-state index in [1.807, 2.05) is 0 Å². The molecule has 2 saturated carbocycles. The lowest BCUT2D eigenvalue weighted by Crippen LogP contribution is -2.56. The summed E-state index contributed by atoms with van der Waals surface area (Å²) in [4.78, 5) is 12.3. The highest BCUT2D eigenvalue weighted by Crippen LogP contribution is 2.49. The molecule has 1 amide bonds. The molecular formula is C16H29ClN2O. The quantitative estimate of drug-likeness (QED) is 0.841. The standard InChI is InChI=1S/C16H28N2O.ClH/c1-10-5-6-17-11(2)16(10)18-15(19)9-14-8-12-3-4-13(14)7-12;/h10-14,16-17H,3-9H2,1-2H3,(H,18,19);1H. The first-order valence-electron chi connectivity index (χ1n) is 8.16. The highest BCUT2D eigenvalue weighted by Gasteiger charge is 2.40. The third kappa shape index (κ3) is 3.30. The lowest BCUT2D eigenvalue weighted by atomic mass is 9.85. The fourth-order valence-corrected chi connectivity index (χ4v) is 4.71. The first-order chi connectivity index (χ1) is 9.13. The lowest BCUT2D eigenvalue weighted by molar-refractivity contribution is -0.123. The number of hydrogen-bond donors (Lipinski definition) is 2. The van der Waals surface area contributed by atoms with E-state index in [0.717, 1.165) is 24.8 Å². The van der Waals surface area contributed by atoms with Crippen LogP contribution in [0.3, 0.4) is 0 Å². The molecule has 0 radical (unpaired) electrons. The van der Waals surface area contributed by atoms with Gasteiger partial charge in [-0.2, -0.15) is 0 Å². The Hall–Kier alpha value is -0.280. The predicted molar refractivity (Wildman–Crippen MR) is 84.0 cm³/mol. The summed E-state index contributed by atoms with van der Waals surface area (Å²) in [6.07, 6.45) is 7.45. The minimum Gasteiger partial charge on any atom is -0.352 e. The molecule has 4 heteroatoms. The van der Waals surface area contributed by atoms with Crippen LogP contribution < -0.4 is 10.6 Å². The van der Waals surface area contributed by atoms with Crippen molar-refractivity contribution in [3.63, 3.8) is 0 Å². The van der Waals surface area contributed by atoms with Crippen molar-refractivity contribution in [1.29, 1.82) is 0 Å². The van der Waals surface area contributed by atoms with Crippen LogP contribution in [0.1, 0.15) is 52.4 Å². The van der Waals surface area contributed by atoms with Gasteiger partial charge in [0.25, 0.3) is 0 Å². The molecule has 2 aliphatic carbocycles. The maximum absolute atomic E-state index is 12.3. The van der Waals surface area contributed by atoms with Crippen LogP contribution in [0.4, 0.5) is 0 Å². The van der Waals surface area contributed by atoms with Gasteiger partial charge in [0.2, 0.25) is 5.91 Å². The molecule has 3 rings (SSSR count). The first kappa shape index (κ1) is 16.1. The summed E-state index contributed by atoms with van der Waals surface area (Å²) in [5.41, 5.74) is 0. The third-order valence-corrected chi connectivity index (χ3v) is 5.88. The molecule has 116 valence electrons. The van der Waals surface area contributed by atoms with Crippen molar-refractivity contribution < 1.29 is 4.79 Å². The van der Waals surface area contributed by atoms with Gasteiger partial charge in [-0.3, -0.25) is 4.79 Å². The zero-order chi connectivity index (χ0) is 13.4. The zero-order valence-corrected chi connectivity index (χ0v) is 13.5. The van der Waals surface area contributed by atoms with Crippen molar-refractivity contribution in [1.82, 2.24) is 10.6 Å². The summed E-state index contributed by atoms with van der Waals surface area (Å²) in [6, 6.07) is 0.729. The summed E-state index contributed by atoms with van der Waals surface area (Å²) < 4.78 is 0. The second-order valence-electron chi connectivity index (χ2n) is 7.24. The number of hydrogen-bond acceptors (Lipinski definition) is 2. The summed E-state index contributed by atoms with van der Waals surface area (Å²) in [5, 5.41) is 6.78. The summed E-state index contributed by atoms with van der Waals surface area (Å²) in [5.74, 6) is 3.37. The Balaban J connectivity index is 0.00000147. The molecule has 3 nitrogen and oxygen atoms in total. The van der Waals surface area contributed by atoms with Crippen molar-refractivity contribution in [3.8, 4) is 0 Å². The van der Waals surface area contributed by atoms with Gasteiger partial charge >= 0.3 is 0 Å². The SMILES string of the molecule is CC1CCNC(C)C1NC(=O)CC1CC2CCC1C2.Cl. The Morgan fingerprint density at radius 3 is 2.60 bits per heavy atom. The average molecular weight is 301 g/mol. The molecule has 2 bridgehead atoms. The minimum absolute atomic E-state index is 0. The van der Waals surface area contributed by atoms with E-state index in [1.54, 1.807) is 0 Å². The Morgan fingerprint density at radius 1 is 1.20 bits per heavy atom. The van der Waals surface area contributed by atoms with Crippen LogP contribution in [0.25, 0.3) is 0 Å². The molecule has 1 heterocycles. The van der Waals surface area contributed by atoms with E-state index in [-0.39, 0.29) is 12.4 Å². The van der Waals surface area contributed by atoms with E-state index in [0.29, 0.717) is 29.8 Å². The molecule has 6 atom stereocenters. The highest BCUT2D eigenvalue weighted by molar-refractivity contribution is 5.85. The Morgan fingerprint density at radius 2 is 2.00 bits per heavy atom. The average Bonchev–Trinajstić information content (AvgIpc) is 2.96. The van der Waals surface area contributed by atoms with Gasteiger partial charge in [-0.1, -0.05) is 13.3 Å². The number of rotatable bonds is 3. The van der Waals surface area contributed by atoms with Crippen LogP contribution in [0.15, 0.2) is 0 Å². The number of carbonyl (C=O) groups excluding carboxylic acids is 1. The summed E-state index contributed by atoms with van der Waals surface area (Å²) >= 11 is 0.